The third kappa shape index (κ3) is 3.00. The van der Waals surface area contributed by atoms with Crippen LogP contribution in [0, 0.1) is 0 Å². The summed E-state index contributed by atoms with van der Waals surface area (Å²) in [7, 11) is 0. The van der Waals surface area contributed by atoms with Gasteiger partial charge in [0.05, 0.1) is 21.8 Å². The fourth-order valence-corrected chi connectivity index (χ4v) is 2.34. The first kappa shape index (κ1) is 14.6. The second-order valence-corrected chi connectivity index (χ2v) is 5.16. The largest absolute Gasteiger partial charge is 0.478 e. The van der Waals surface area contributed by atoms with Crippen LogP contribution in [0.2, 0.25) is 5.02 Å². The van der Waals surface area contributed by atoms with Crippen molar-refractivity contribution in [2.75, 3.05) is 5.32 Å². The van der Waals surface area contributed by atoms with Crippen LogP contribution in [0.15, 0.2) is 46.9 Å². The van der Waals surface area contributed by atoms with Crippen molar-refractivity contribution in [3.05, 3.63) is 63.1 Å². The maximum atomic E-state index is 12.2. The summed E-state index contributed by atoms with van der Waals surface area (Å²) < 4.78 is 0.484. The molecule has 2 rings (SSSR count). The Kier molecular flexibility index (Phi) is 4.42. The molecule has 4 nitrogen and oxygen atoms in total. The standard InChI is InChI=1S/C14H9BrClNO3/c15-10-6-3-5-9(14(19)20)12(10)17-13(18)8-4-1-2-7-11(8)16/h1-7H,(H,17,18)(H,19,20). The molecule has 0 radical (unpaired) electrons. The van der Waals surface area contributed by atoms with E-state index in [-0.39, 0.29) is 16.8 Å². The Morgan fingerprint density at radius 3 is 2.35 bits per heavy atom. The number of rotatable bonds is 3. The third-order valence-corrected chi connectivity index (χ3v) is 3.59. The molecule has 0 saturated heterocycles. The number of aromatic carboxylic acids is 1. The molecule has 0 spiro atoms. The molecule has 0 fully saturated rings. The lowest BCUT2D eigenvalue weighted by Gasteiger charge is -2.11. The normalized spacial score (nSPS) is 10.1. The summed E-state index contributed by atoms with van der Waals surface area (Å²) in [4.78, 5) is 23.3. The number of carboxylic acids is 1. The zero-order valence-electron chi connectivity index (χ0n) is 10.1. The van der Waals surface area contributed by atoms with Crippen LogP contribution in [0.1, 0.15) is 20.7 Å². The number of anilines is 1. The smallest absolute Gasteiger partial charge is 0.337 e. The van der Waals surface area contributed by atoms with Gasteiger partial charge in [-0.25, -0.2) is 4.79 Å². The average Bonchev–Trinajstić information content (AvgIpc) is 2.41. The van der Waals surface area contributed by atoms with Gasteiger partial charge in [0.15, 0.2) is 0 Å². The second-order valence-electron chi connectivity index (χ2n) is 3.90. The van der Waals surface area contributed by atoms with Crippen LogP contribution in [0.5, 0.6) is 0 Å². The van der Waals surface area contributed by atoms with Gasteiger partial charge in [0.25, 0.3) is 5.91 Å². The Morgan fingerprint density at radius 2 is 1.70 bits per heavy atom. The molecule has 102 valence electrons. The zero-order chi connectivity index (χ0) is 14.7. The van der Waals surface area contributed by atoms with Gasteiger partial charge in [0.1, 0.15) is 0 Å². The molecule has 2 N–H and O–H groups in total. The number of hydrogen-bond donors (Lipinski definition) is 2. The van der Waals surface area contributed by atoms with E-state index in [9.17, 15) is 9.59 Å². The number of benzene rings is 2. The van der Waals surface area contributed by atoms with Crippen molar-refractivity contribution in [1.29, 1.82) is 0 Å². The number of para-hydroxylation sites is 1. The lowest BCUT2D eigenvalue weighted by atomic mass is 10.1. The molecular formula is C14H9BrClNO3. The molecular weight excluding hydrogens is 346 g/mol. The molecule has 0 aliphatic heterocycles. The van der Waals surface area contributed by atoms with Gasteiger partial charge in [-0.05, 0) is 40.2 Å². The highest BCUT2D eigenvalue weighted by Gasteiger charge is 2.17. The van der Waals surface area contributed by atoms with E-state index in [1.807, 2.05) is 0 Å². The molecule has 0 atom stereocenters. The van der Waals surface area contributed by atoms with Crippen LogP contribution < -0.4 is 5.32 Å². The molecule has 0 bridgehead atoms. The van der Waals surface area contributed by atoms with Crippen molar-refractivity contribution < 1.29 is 14.7 Å². The van der Waals surface area contributed by atoms with E-state index >= 15 is 0 Å². The number of nitrogens with one attached hydrogen (secondary N) is 1. The minimum Gasteiger partial charge on any atom is -0.478 e. The molecule has 2 aromatic carbocycles. The van der Waals surface area contributed by atoms with Gasteiger partial charge in [-0.3, -0.25) is 4.79 Å². The average molecular weight is 355 g/mol. The lowest BCUT2D eigenvalue weighted by molar-refractivity contribution is 0.0698. The highest BCUT2D eigenvalue weighted by atomic mass is 79.9. The second kappa shape index (κ2) is 6.07. The molecule has 1 amide bonds. The molecule has 20 heavy (non-hydrogen) atoms. The maximum absolute atomic E-state index is 12.2. The quantitative estimate of drug-likeness (QED) is 0.874. The number of hydrogen-bond acceptors (Lipinski definition) is 2. The number of carbonyl (C=O) groups is 2. The summed E-state index contributed by atoms with van der Waals surface area (Å²) in [6, 6.07) is 11.2. The molecule has 2 aromatic rings. The molecule has 0 heterocycles. The number of carbonyl (C=O) groups excluding carboxylic acids is 1. The van der Waals surface area contributed by atoms with Crippen LogP contribution in [0.25, 0.3) is 0 Å². The SMILES string of the molecule is O=C(Nc1c(Br)cccc1C(=O)O)c1ccccc1Cl. The number of halogens is 2. The molecule has 6 heteroatoms. The van der Waals surface area contributed by atoms with E-state index in [4.69, 9.17) is 16.7 Å². The van der Waals surface area contributed by atoms with Crippen molar-refractivity contribution in [3.8, 4) is 0 Å². The van der Waals surface area contributed by atoms with Crippen LogP contribution in [0.4, 0.5) is 5.69 Å². The summed E-state index contributed by atoms with van der Waals surface area (Å²) in [5, 5.41) is 12.0. The van der Waals surface area contributed by atoms with Gasteiger partial charge >= 0.3 is 5.97 Å². The molecule has 0 saturated carbocycles. The zero-order valence-corrected chi connectivity index (χ0v) is 12.4. The van der Waals surface area contributed by atoms with Crippen LogP contribution in [-0.2, 0) is 0 Å². The monoisotopic (exact) mass is 353 g/mol. The summed E-state index contributed by atoms with van der Waals surface area (Å²) in [6.07, 6.45) is 0. The van der Waals surface area contributed by atoms with Gasteiger partial charge in [-0.2, -0.15) is 0 Å². The molecule has 0 aromatic heterocycles. The van der Waals surface area contributed by atoms with E-state index < -0.39 is 11.9 Å². The van der Waals surface area contributed by atoms with Crippen molar-refractivity contribution >= 4 is 45.1 Å². The van der Waals surface area contributed by atoms with E-state index in [2.05, 4.69) is 21.2 Å². The summed E-state index contributed by atoms with van der Waals surface area (Å²) in [5.74, 6) is -1.59. The first-order valence-electron chi connectivity index (χ1n) is 5.58. The number of carboxylic acid groups (broad SMARTS) is 1. The van der Waals surface area contributed by atoms with Crippen LogP contribution >= 0.6 is 27.5 Å². The van der Waals surface area contributed by atoms with E-state index in [1.165, 1.54) is 6.07 Å². The third-order valence-electron chi connectivity index (χ3n) is 2.60. The van der Waals surface area contributed by atoms with Gasteiger partial charge in [0.2, 0.25) is 0 Å². The molecule has 0 aliphatic rings. The highest BCUT2D eigenvalue weighted by molar-refractivity contribution is 9.10. The van der Waals surface area contributed by atoms with Gasteiger partial charge in [0, 0.05) is 4.47 Å². The number of amides is 1. The first-order valence-corrected chi connectivity index (χ1v) is 6.75. The summed E-state index contributed by atoms with van der Waals surface area (Å²) >= 11 is 9.16. The van der Waals surface area contributed by atoms with Crippen LogP contribution in [-0.4, -0.2) is 17.0 Å². The first-order chi connectivity index (χ1) is 9.50. The van der Waals surface area contributed by atoms with Crippen molar-refractivity contribution in [2.24, 2.45) is 0 Å². The topological polar surface area (TPSA) is 66.4 Å². The van der Waals surface area contributed by atoms with Crippen molar-refractivity contribution in [1.82, 2.24) is 0 Å². The molecule has 0 unspecified atom stereocenters. The Morgan fingerprint density at radius 1 is 1.05 bits per heavy atom. The fraction of sp³-hybridized carbons (Fsp3) is 0. The summed E-state index contributed by atoms with van der Waals surface area (Å²) in [6.45, 7) is 0. The Labute approximate surface area is 128 Å². The lowest BCUT2D eigenvalue weighted by Crippen LogP contribution is -2.15. The fourth-order valence-electron chi connectivity index (χ4n) is 1.66. The highest BCUT2D eigenvalue weighted by Crippen LogP contribution is 2.27. The summed E-state index contributed by atoms with van der Waals surface area (Å²) in [5.41, 5.74) is 0.478. The van der Waals surface area contributed by atoms with Gasteiger partial charge in [-0.15, -0.1) is 0 Å². The van der Waals surface area contributed by atoms with E-state index in [0.717, 1.165) is 0 Å². The minimum atomic E-state index is -1.12. The van der Waals surface area contributed by atoms with E-state index in [1.54, 1.807) is 36.4 Å². The Balaban J connectivity index is 2.38. The van der Waals surface area contributed by atoms with Crippen LogP contribution in [0.3, 0.4) is 0 Å². The van der Waals surface area contributed by atoms with Crippen molar-refractivity contribution in [2.45, 2.75) is 0 Å². The minimum absolute atomic E-state index is 0.000205. The maximum Gasteiger partial charge on any atom is 0.337 e. The van der Waals surface area contributed by atoms with Gasteiger partial charge < -0.3 is 10.4 Å². The Hall–Kier alpha value is -1.85. The predicted octanol–water partition coefficient (Wildman–Crippen LogP) is 4.05. The molecule has 0 aliphatic carbocycles. The Bertz CT molecular complexity index is 688. The predicted molar refractivity (Wildman–Crippen MR) is 80.5 cm³/mol. The van der Waals surface area contributed by atoms with Gasteiger partial charge in [-0.1, -0.05) is 29.8 Å². The van der Waals surface area contributed by atoms with Crippen molar-refractivity contribution in [3.63, 3.8) is 0 Å². The van der Waals surface area contributed by atoms with E-state index in [0.29, 0.717) is 9.50 Å².